The molecule has 1 saturated carbocycles. The molecular formula is C11H20N2. The third-order valence-corrected chi connectivity index (χ3v) is 3.89. The Bertz CT molecular complexity index is 201. The summed E-state index contributed by atoms with van der Waals surface area (Å²) in [5, 5.41) is 7.97. The van der Waals surface area contributed by atoms with Gasteiger partial charge in [0.15, 0.2) is 0 Å². The summed E-state index contributed by atoms with van der Waals surface area (Å²) >= 11 is 0. The summed E-state index contributed by atoms with van der Waals surface area (Å²) in [5.41, 5.74) is 0.414. The summed E-state index contributed by atoms with van der Waals surface area (Å²) in [6.07, 6.45) is 8.80. The van der Waals surface area contributed by atoms with E-state index in [0.29, 0.717) is 5.54 Å². The summed E-state index contributed by atoms with van der Waals surface area (Å²) in [6, 6.07) is 0. The Morgan fingerprint density at radius 2 is 2.08 bits per heavy atom. The molecule has 2 aliphatic rings. The van der Waals surface area contributed by atoms with Gasteiger partial charge in [-0.1, -0.05) is 6.92 Å². The van der Waals surface area contributed by atoms with Gasteiger partial charge in [-0.2, -0.15) is 0 Å². The zero-order valence-corrected chi connectivity index (χ0v) is 8.60. The molecule has 1 aliphatic carbocycles. The maximum absolute atomic E-state index is 7.97. The fourth-order valence-electron chi connectivity index (χ4n) is 2.75. The van der Waals surface area contributed by atoms with Crippen molar-refractivity contribution in [1.82, 2.24) is 4.90 Å². The molecule has 0 radical (unpaired) electrons. The van der Waals surface area contributed by atoms with Crippen molar-refractivity contribution in [2.45, 2.75) is 57.4 Å². The van der Waals surface area contributed by atoms with Gasteiger partial charge in [0.1, 0.15) is 0 Å². The molecule has 1 heterocycles. The van der Waals surface area contributed by atoms with Crippen LogP contribution in [0.4, 0.5) is 0 Å². The molecule has 0 bridgehead atoms. The number of hydrogen-bond donors (Lipinski definition) is 1. The Morgan fingerprint density at radius 1 is 1.31 bits per heavy atom. The van der Waals surface area contributed by atoms with Crippen molar-refractivity contribution in [3.05, 3.63) is 0 Å². The minimum Gasteiger partial charge on any atom is -0.355 e. The van der Waals surface area contributed by atoms with Gasteiger partial charge in [0, 0.05) is 18.5 Å². The third kappa shape index (κ3) is 1.36. The fraction of sp³-hybridized carbons (Fsp3) is 0.909. The molecule has 13 heavy (non-hydrogen) atoms. The highest BCUT2D eigenvalue weighted by molar-refractivity contribution is 5.80. The van der Waals surface area contributed by atoms with Crippen molar-refractivity contribution in [2.75, 3.05) is 6.54 Å². The lowest BCUT2D eigenvalue weighted by molar-refractivity contribution is 0.0616. The van der Waals surface area contributed by atoms with Crippen LogP contribution in [0.1, 0.15) is 51.9 Å². The number of nitrogens with one attached hydrogen (secondary N) is 1. The van der Waals surface area contributed by atoms with Crippen LogP contribution in [0.2, 0.25) is 0 Å². The molecule has 0 atom stereocenters. The molecule has 2 heteroatoms. The van der Waals surface area contributed by atoms with E-state index in [2.05, 4.69) is 11.8 Å². The van der Waals surface area contributed by atoms with Crippen LogP contribution >= 0.6 is 0 Å². The first-order valence-corrected chi connectivity index (χ1v) is 5.63. The Morgan fingerprint density at radius 3 is 2.54 bits per heavy atom. The molecule has 0 spiro atoms. The van der Waals surface area contributed by atoms with E-state index in [9.17, 15) is 0 Å². The van der Waals surface area contributed by atoms with E-state index in [-0.39, 0.29) is 0 Å². The number of hydrogen-bond acceptors (Lipinski definition) is 1. The molecule has 0 aromatic heterocycles. The Kier molecular flexibility index (Phi) is 2.31. The molecule has 0 amide bonds. The Hall–Kier alpha value is -0.530. The van der Waals surface area contributed by atoms with E-state index in [4.69, 9.17) is 5.41 Å². The van der Waals surface area contributed by atoms with E-state index in [1.807, 2.05) is 0 Å². The lowest BCUT2D eigenvalue weighted by atomic mass is 9.72. The first kappa shape index (κ1) is 9.04. The van der Waals surface area contributed by atoms with Crippen LogP contribution in [0.15, 0.2) is 0 Å². The number of amidine groups is 1. The maximum atomic E-state index is 7.97. The second kappa shape index (κ2) is 3.32. The third-order valence-electron chi connectivity index (χ3n) is 3.89. The van der Waals surface area contributed by atoms with Gasteiger partial charge < -0.3 is 4.90 Å². The van der Waals surface area contributed by atoms with Crippen LogP contribution in [0.5, 0.6) is 0 Å². The van der Waals surface area contributed by atoms with Gasteiger partial charge in [0.2, 0.25) is 0 Å². The van der Waals surface area contributed by atoms with Gasteiger partial charge in [0.05, 0.1) is 5.84 Å². The molecule has 74 valence electrons. The van der Waals surface area contributed by atoms with Gasteiger partial charge in [-0.15, -0.1) is 0 Å². The average molecular weight is 180 g/mol. The molecular weight excluding hydrogens is 160 g/mol. The second-order valence-corrected chi connectivity index (χ2v) is 4.49. The zero-order chi connectivity index (χ0) is 9.31. The average Bonchev–Trinajstić information content (AvgIpc) is 2.07. The zero-order valence-electron chi connectivity index (χ0n) is 8.60. The number of piperidine rings is 1. The van der Waals surface area contributed by atoms with Crippen LogP contribution in [0.3, 0.4) is 0 Å². The number of likely N-dealkylation sites (tertiary alicyclic amines) is 1. The number of nitrogens with zero attached hydrogens (tertiary/aromatic N) is 1. The Labute approximate surface area is 80.8 Å². The Balaban J connectivity index is 2.08. The van der Waals surface area contributed by atoms with Gasteiger partial charge in [-0.25, -0.2) is 0 Å². The van der Waals surface area contributed by atoms with Crippen molar-refractivity contribution in [3.63, 3.8) is 0 Å². The fourth-order valence-corrected chi connectivity index (χ4v) is 2.75. The monoisotopic (exact) mass is 180 g/mol. The van der Waals surface area contributed by atoms with Crippen molar-refractivity contribution >= 4 is 5.84 Å². The lowest BCUT2D eigenvalue weighted by Gasteiger charge is -2.52. The van der Waals surface area contributed by atoms with Gasteiger partial charge >= 0.3 is 0 Å². The molecule has 0 unspecified atom stereocenters. The first-order chi connectivity index (χ1) is 6.28. The van der Waals surface area contributed by atoms with Gasteiger partial charge in [0.25, 0.3) is 0 Å². The normalized spacial score (nSPS) is 27.2. The highest BCUT2D eigenvalue weighted by atomic mass is 15.2. The minimum absolute atomic E-state index is 0.414. The van der Waals surface area contributed by atoms with E-state index in [1.165, 1.54) is 38.5 Å². The van der Waals surface area contributed by atoms with Crippen LogP contribution in [0.25, 0.3) is 0 Å². The molecule has 1 aliphatic heterocycles. The van der Waals surface area contributed by atoms with E-state index >= 15 is 0 Å². The second-order valence-electron chi connectivity index (χ2n) is 4.49. The molecule has 1 N–H and O–H groups in total. The SMILES string of the molecule is CCC1(N2CCCCC2=N)CCC1. The van der Waals surface area contributed by atoms with Crippen molar-refractivity contribution in [2.24, 2.45) is 0 Å². The summed E-state index contributed by atoms with van der Waals surface area (Å²) in [5.74, 6) is 0.910. The molecule has 0 aromatic rings. The molecule has 2 fully saturated rings. The van der Waals surface area contributed by atoms with E-state index in [0.717, 1.165) is 18.8 Å². The van der Waals surface area contributed by atoms with E-state index in [1.54, 1.807) is 0 Å². The van der Waals surface area contributed by atoms with Gasteiger partial charge in [-0.05, 0) is 38.5 Å². The first-order valence-electron chi connectivity index (χ1n) is 5.63. The van der Waals surface area contributed by atoms with Crippen molar-refractivity contribution < 1.29 is 0 Å². The molecule has 2 nitrogen and oxygen atoms in total. The highest BCUT2D eigenvalue weighted by Gasteiger charge is 2.42. The van der Waals surface area contributed by atoms with E-state index < -0.39 is 0 Å². The van der Waals surface area contributed by atoms with Gasteiger partial charge in [-0.3, -0.25) is 5.41 Å². The maximum Gasteiger partial charge on any atom is 0.0962 e. The predicted molar refractivity (Wildman–Crippen MR) is 55.2 cm³/mol. The standard InChI is InChI=1S/C11H20N2/c1-2-11(7-5-8-11)13-9-4-3-6-10(13)12/h12H,2-9H2,1H3. The smallest absolute Gasteiger partial charge is 0.0962 e. The highest BCUT2D eigenvalue weighted by Crippen LogP contribution is 2.41. The summed E-state index contributed by atoms with van der Waals surface area (Å²) < 4.78 is 0. The van der Waals surface area contributed by atoms with Crippen LogP contribution in [-0.2, 0) is 0 Å². The van der Waals surface area contributed by atoms with Crippen LogP contribution in [0, 0.1) is 5.41 Å². The molecule has 2 rings (SSSR count). The quantitative estimate of drug-likeness (QED) is 0.695. The summed E-state index contributed by atoms with van der Waals surface area (Å²) in [7, 11) is 0. The largest absolute Gasteiger partial charge is 0.355 e. The van der Waals surface area contributed by atoms with Crippen molar-refractivity contribution in [3.8, 4) is 0 Å². The van der Waals surface area contributed by atoms with Crippen LogP contribution < -0.4 is 0 Å². The summed E-state index contributed by atoms with van der Waals surface area (Å²) in [6.45, 7) is 3.42. The molecule has 0 aromatic carbocycles. The lowest BCUT2D eigenvalue weighted by Crippen LogP contribution is -2.57. The van der Waals surface area contributed by atoms with Crippen molar-refractivity contribution in [1.29, 1.82) is 5.41 Å². The predicted octanol–water partition coefficient (Wildman–Crippen LogP) is 2.78. The summed E-state index contributed by atoms with van der Waals surface area (Å²) in [4.78, 5) is 2.40. The minimum atomic E-state index is 0.414. The number of rotatable bonds is 2. The van der Waals surface area contributed by atoms with Crippen LogP contribution in [-0.4, -0.2) is 22.8 Å². The molecule has 1 saturated heterocycles. The topological polar surface area (TPSA) is 27.1 Å².